The van der Waals surface area contributed by atoms with Crippen molar-refractivity contribution in [3.05, 3.63) is 29.3 Å². The van der Waals surface area contributed by atoms with Crippen molar-refractivity contribution in [2.45, 2.75) is 57.5 Å². The van der Waals surface area contributed by atoms with Gasteiger partial charge >= 0.3 is 0 Å². The van der Waals surface area contributed by atoms with E-state index in [0.717, 1.165) is 25.7 Å². The van der Waals surface area contributed by atoms with Gasteiger partial charge in [-0.15, -0.1) is 0 Å². The zero-order chi connectivity index (χ0) is 16.7. The fourth-order valence-corrected chi connectivity index (χ4v) is 5.88. The van der Waals surface area contributed by atoms with E-state index in [1.807, 2.05) is 6.07 Å². The quantitative estimate of drug-likeness (QED) is 0.365. The van der Waals surface area contributed by atoms with Gasteiger partial charge in [0.15, 0.2) is 0 Å². The summed E-state index contributed by atoms with van der Waals surface area (Å²) in [7, 11) is 0. The maximum absolute atomic E-state index is 10.4. The molecule has 1 aromatic carbocycles. The zero-order valence-corrected chi connectivity index (χ0v) is 14.6. The second kappa shape index (κ2) is 6.50. The van der Waals surface area contributed by atoms with Crippen LogP contribution < -0.4 is 4.18 Å². The minimum absolute atomic E-state index is 0.119. The topological polar surface area (TPSA) is 68.2 Å². The summed E-state index contributed by atoms with van der Waals surface area (Å²) in [6, 6.07) is 6.19. The minimum Gasteiger partial charge on any atom is -0.399 e. The van der Waals surface area contributed by atoms with Gasteiger partial charge in [-0.2, -0.15) is 0 Å². The van der Waals surface area contributed by atoms with E-state index in [-0.39, 0.29) is 11.5 Å². The Morgan fingerprint density at radius 3 is 2.92 bits per heavy atom. The van der Waals surface area contributed by atoms with Crippen molar-refractivity contribution in [3.8, 4) is 5.75 Å². The average Bonchev–Trinajstić information content (AvgIpc) is 2.90. The van der Waals surface area contributed by atoms with Crippen LogP contribution in [0.15, 0.2) is 18.2 Å². The van der Waals surface area contributed by atoms with Crippen molar-refractivity contribution < 1.29 is 23.9 Å². The lowest BCUT2D eigenvalue weighted by Gasteiger charge is -2.50. The van der Waals surface area contributed by atoms with Gasteiger partial charge < -0.3 is 9.29 Å². The Labute approximate surface area is 146 Å². The Bertz CT molecular complexity index is 609. The first kappa shape index (κ1) is 16.7. The van der Waals surface area contributed by atoms with Crippen LogP contribution in [-0.4, -0.2) is 16.5 Å². The summed E-state index contributed by atoms with van der Waals surface area (Å²) in [6.07, 6.45) is 6.55. The second-order valence-electron chi connectivity index (χ2n) is 7.71. The molecule has 0 aromatic heterocycles. The van der Waals surface area contributed by atoms with Crippen LogP contribution in [0.5, 0.6) is 5.75 Å². The molecule has 0 heterocycles. The third kappa shape index (κ3) is 2.65. The molecule has 6 heteroatoms. The van der Waals surface area contributed by atoms with Crippen molar-refractivity contribution >= 4 is 12.3 Å². The molecule has 4 rings (SSSR count). The third-order valence-electron chi connectivity index (χ3n) is 6.84. The molecule has 2 N–H and O–H groups in total. The van der Waals surface area contributed by atoms with Gasteiger partial charge in [0.1, 0.15) is 5.75 Å². The Balaban J connectivity index is 1.55. The number of hydrogen-bond acceptors (Lipinski definition) is 6. The summed E-state index contributed by atoms with van der Waals surface area (Å²) in [5.74, 6) is 2.66. The molecule has 0 bridgehead atoms. The molecule has 132 valence electrons. The van der Waals surface area contributed by atoms with Crippen LogP contribution in [0.1, 0.15) is 56.1 Å². The van der Waals surface area contributed by atoms with Crippen LogP contribution >= 0.6 is 12.3 Å². The summed E-state index contributed by atoms with van der Waals surface area (Å²) >= 11 is 0.592. The normalized spacial score (nSPS) is 37.5. The van der Waals surface area contributed by atoms with Crippen LogP contribution in [0.2, 0.25) is 0 Å². The zero-order valence-electron chi connectivity index (χ0n) is 13.8. The predicted octanol–water partition coefficient (Wildman–Crippen LogP) is 4.27. The van der Waals surface area contributed by atoms with Crippen LogP contribution in [0.3, 0.4) is 0 Å². The summed E-state index contributed by atoms with van der Waals surface area (Å²) < 4.78 is 9.59. The highest BCUT2D eigenvalue weighted by molar-refractivity contribution is 7.90. The largest absolute Gasteiger partial charge is 0.399 e. The molecule has 5 nitrogen and oxygen atoms in total. The van der Waals surface area contributed by atoms with Crippen molar-refractivity contribution in [2.24, 2.45) is 17.3 Å². The van der Waals surface area contributed by atoms with E-state index in [1.54, 1.807) is 0 Å². The number of hydrogen-bond donors (Lipinski definition) is 2. The minimum atomic E-state index is -0.119. The van der Waals surface area contributed by atoms with Gasteiger partial charge in [0.2, 0.25) is 0 Å². The van der Waals surface area contributed by atoms with Crippen LogP contribution in [0.25, 0.3) is 0 Å². The van der Waals surface area contributed by atoms with E-state index in [9.17, 15) is 5.11 Å². The van der Waals surface area contributed by atoms with E-state index in [1.165, 1.54) is 24.0 Å². The fourth-order valence-electron chi connectivity index (χ4n) is 5.65. The molecule has 1 aromatic rings. The molecule has 0 radical (unpaired) electrons. The molecule has 2 fully saturated rings. The lowest BCUT2D eigenvalue weighted by Crippen LogP contribution is -2.43. The highest BCUT2D eigenvalue weighted by Gasteiger charge is 2.54. The number of rotatable bonds is 4. The predicted molar refractivity (Wildman–Crippen MR) is 90.1 cm³/mol. The third-order valence-corrected chi connectivity index (χ3v) is 7.21. The lowest BCUT2D eigenvalue weighted by molar-refractivity contribution is -0.433. The van der Waals surface area contributed by atoms with Gasteiger partial charge in [0.25, 0.3) is 12.3 Å². The molecule has 0 saturated heterocycles. The molecule has 0 spiro atoms. The monoisotopic (exact) mass is 352 g/mol. The van der Waals surface area contributed by atoms with Gasteiger partial charge in [-0.1, -0.05) is 22.4 Å². The summed E-state index contributed by atoms with van der Waals surface area (Å²) in [5.41, 5.74) is 2.92. The highest BCUT2D eigenvalue weighted by atomic mass is 32.2. The number of benzene rings is 1. The van der Waals surface area contributed by atoms with Crippen molar-refractivity contribution in [1.29, 1.82) is 0 Å². The standard InChI is InChI=1S/C18H24O5S/c1-18-9-8-14-13-5-3-12(21-24-23-22-20)10-11(13)2-4-15(14)16(18)6-7-17(18)19/h3,5,10,14-17,19-20H,2,4,6-9H2,1H3/t14?,15?,16?,17-,18?/m1/s1. The number of aliphatic hydroxyl groups is 1. The van der Waals surface area contributed by atoms with Gasteiger partial charge in [0.05, 0.1) is 6.10 Å². The maximum Gasteiger partial charge on any atom is 0.261 e. The summed E-state index contributed by atoms with van der Waals surface area (Å²) in [6.45, 7) is 2.30. The van der Waals surface area contributed by atoms with E-state index >= 15 is 0 Å². The molecule has 3 aliphatic carbocycles. The Hall–Kier alpha value is -0.790. The van der Waals surface area contributed by atoms with Crippen molar-refractivity contribution in [3.63, 3.8) is 0 Å². The van der Waals surface area contributed by atoms with Crippen molar-refractivity contribution in [1.82, 2.24) is 0 Å². The average molecular weight is 352 g/mol. The molecule has 2 saturated carbocycles. The molecule has 4 unspecified atom stereocenters. The van der Waals surface area contributed by atoms with Gasteiger partial charge in [0, 0.05) is 0 Å². The summed E-state index contributed by atoms with van der Waals surface area (Å²) in [5, 5.41) is 22.1. The van der Waals surface area contributed by atoms with E-state index in [4.69, 9.17) is 9.44 Å². The van der Waals surface area contributed by atoms with E-state index in [0.29, 0.717) is 35.8 Å². The van der Waals surface area contributed by atoms with E-state index < -0.39 is 0 Å². The molecular formula is C18H24O5S. The molecule has 5 atom stereocenters. The van der Waals surface area contributed by atoms with Crippen LogP contribution in [-0.2, 0) is 15.8 Å². The summed E-state index contributed by atoms with van der Waals surface area (Å²) in [4.78, 5) is 0. The first-order valence-electron chi connectivity index (χ1n) is 8.76. The fraction of sp³-hybridized carbons (Fsp3) is 0.667. The van der Waals surface area contributed by atoms with E-state index in [2.05, 4.69) is 28.4 Å². The highest BCUT2D eigenvalue weighted by Crippen LogP contribution is 2.60. The molecule has 3 aliphatic rings. The van der Waals surface area contributed by atoms with Crippen LogP contribution in [0, 0.1) is 17.3 Å². The SMILES string of the molecule is CC12CCC3c4ccc(OSOOO)cc4CCC3C1CC[C@H]2O. The number of aliphatic hydroxyl groups excluding tert-OH is 1. The Kier molecular flexibility index (Phi) is 4.51. The first-order chi connectivity index (χ1) is 11.6. The Morgan fingerprint density at radius 2 is 2.08 bits per heavy atom. The first-order valence-corrected chi connectivity index (χ1v) is 9.42. The van der Waals surface area contributed by atoms with Gasteiger partial charge in [-0.3, -0.25) is 0 Å². The van der Waals surface area contributed by atoms with Crippen LogP contribution in [0.4, 0.5) is 0 Å². The Morgan fingerprint density at radius 1 is 1.21 bits per heavy atom. The van der Waals surface area contributed by atoms with Gasteiger partial charge in [-0.05, 0) is 85.0 Å². The maximum atomic E-state index is 10.4. The second-order valence-corrected chi connectivity index (χ2v) is 8.15. The van der Waals surface area contributed by atoms with Crippen molar-refractivity contribution in [2.75, 3.05) is 0 Å². The van der Waals surface area contributed by atoms with Gasteiger partial charge in [-0.25, -0.2) is 5.26 Å². The number of fused-ring (bicyclic) bond motifs is 5. The molecule has 0 aliphatic heterocycles. The molecule has 24 heavy (non-hydrogen) atoms. The smallest absolute Gasteiger partial charge is 0.261 e. The molecule has 0 amide bonds. The molecular weight excluding hydrogens is 328 g/mol. The number of aryl methyl sites for hydroxylation is 1. The lowest BCUT2D eigenvalue weighted by atomic mass is 9.55.